The molecule has 0 saturated heterocycles. The second-order valence-electron chi connectivity index (χ2n) is 6.54. The second kappa shape index (κ2) is 9.65. The molecule has 1 aliphatic carbocycles. The summed E-state index contributed by atoms with van der Waals surface area (Å²) in [7, 11) is 1.23. The van der Waals surface area contributed by atoms with Crippen molar-refractivity contribution in [3.05, 3.63) is 40.3 Å². The van der Waals surface area contributed by atoms with Crippen LogP contribution in [0.3, 0.4) is 0 Å². The van der Waals surface area contributed by atoms with E-state index in [9.17, 15) is 30.8 Å². The molecule has 0 saturated carbocycles. The van der Waals surface area contributed by atoms with Crippen molar-refractivity contribution in [1.82, 2.24) is 0 Å². The van der Waals surface area contributed by atoms with E-state index in [-0.39, 0.29) is 14.1 Å². The number of primary amides is 1. The normalized spacial score (nSPS) is 21.4. The third-order valence-corrected chi connectivity index (χ3v) is 7.59. The van der Waals surface area contributed by atoms with Crippen molar-refractivity contribution in [3.8, 4) is 0 Å². The van der Waals surface area contributed by atoms with Crippen LogP contribution >= 0.6 is 22.9 Å². The van der Waals surface area contributed by atoms with Crippen LogP contribution in [0.25, 0.3) is 0 Å². The molecule has 5 nitrogen and oxygen atoms in total. The first-order valence-corrected chi connectivity index (χ1v) is 11.2. The summed E-state index contributed by atoms with van der Waals surface area (Å²) in [5.41, 5.74) is 5.40. The molecule has 2 radical (unpaired) electrons. The summed E-state index contributed by atoms with van der Waals surface area (Å²) in [5.74, 6) is -3.54. The van der Waals surface area contributed by atoms with Crippen LogP contribution < -0.4 is 5.73 Å². The van der Waals surface area contributed by atoms with Crippen LogP contribution in [0.2, 0.25) is 10.2 Å². The SMILES string of the molecule is [B]C1C=CC(C[N+](=CC(CCC(F)(F)F)C(N)=O)S(=O)(=O)c2ccc(Cl)s2)=CC1F. The van der Waals surface area contributed by atoms with E-state index in [1.807, 2.05) is 0 Å². The van der Waals surface area contributed by atoms with E-state index in [1.165, 1.54) is 24.3 Å². The predicted octanol–water partition coefficient (Wildman–Crippen LogP) is 3.41. The van der Waals surface area contributed by atoms with Crippen LogP contribution in [0.1, 0.15) is 12.8 Å². The Kier molecular flexibility index (Phi) is 7.92. The molecule has 162 valence electrons. The fourth-order valence-corrected chi connectivity index (χ4v) is 5.57. The molecule has 1 heterocycles. The van der Waals surface area contributed by atoms with E-state index in [0.717, 1.165) is 23.6 Å². The minimum atomic E-state index is -4.56. The third kappa shape index (κ3) is 6.68. The molecular formula is C17H17BClF4N2O3S2+. The van der Waals surface area contributed by atoms with Gasteiger partial charge in [-0.1, -0.05) is 23.8 Å². The first-order chi connectivity index (χ1) is 13.8. The maximum Gasteiger partial charge on any atom is 0.404 e. The number of halogens is 5. The first kappa shape index (κ1) is 24.6. The van der Waals surface area contributed by atoms with Crippen LogP contribution in [0.4, 0.5) is 17.6 Å². The summed E-state index contributed by atoms with van der Waals surface area (Å²) < 4.78 is 78.4. The molecule has 1 aliphatic rings. The predicted molar refractivity (Wildman–Crippen MR) is 107 cm³/mol. The van der Waals surface area contributed by atoms with Gasteiger partial charge < -0.3 is 5.73 Å². The zero-order chi connectivity index (χ0) is 22.7. The van der Waals surface area contributed by atoms with Crippen LogP contribution in [0, 0.1) is 5.92 Å². The molecule has 0 spiro atoms. The van der Waals surface area contributed by atoms with Gasteiger partial charge in [0, 0.05) is 12.0 Å². The first-order valence-electron chi connectivity index (χ1n) is 8.56. The number of allylic oxidation sites excluding steroid dienone is 2. The van der Waals surface area contributed by atoms with Gasteiger partial charge in [-0.25, -0.2) is 4.39 Å². The Morgan fingerprint density at radius 3 is 2.57 bits per heavy atom. The zero-order valence-electron chi connectivity index (χ0n) is 15.4. The number of nitrogens with zero attached hydrogens (tertiary/aromatic N) is 1. The van der Waals surface area contributed by atoms with Gasteiger partial charge in [0.1, 0.15) is 12.1 Å². The van der Waals surface area contributed by atoms with E-state index in [2.05, 4.69) is 0 Å². The van der Waals surface area contributed by atoms with Gasteiger partial charge in [0.2, 0.25) is 5.91 Å². The number of thiophene rings is 1. The Morgan fingerprint density at radius 2 is 2.07 bits per heavy atom. The number of hydrogen-bond donors (Lipinski definition) is 1. The topological polar surface area (TPSA) is 80.2 Å². The molecule has 3 atom stereocenters. The molecule has 30 heavy (non-hydrogen) atoms. The van der Waals surface area contributed by atoms with Crippen LogP contribution in [0.15, 0.2) is 40.1 Å². The molecule has 0 aromatic carbocycles. The Morgan fingerprint density at radius 1 is 1.40 bits per heavy atom. The van der Waals surface area contributed by atoms with Gasteiger partial charge in [-0.3, -0.25) is 4.79 Å². The molecule has 2 N–H and O–H groups in total. The highest BCUT2D eigenvalue weighted by molar-refractivity contribution is 7.87. The van der Waals surface area contributed by atoms with Gasteiger partial charge >= 0.3 is 16.2 Å². The van der Waals surface area contributed by atoms with Gasteiger partial charge in [-0.2, -0.15) is 21.6 Å². The lowest BCUT2D eigenvalue weighted by Gasteiger charge is -2.16. The number of alkyl halides is 4. The maximum atomic E-state index is 13.9. The average Bonchev–Trinajstić information content (AvgIpc) is 3.06. The zero-order valence-corrected chi connectivity index (χ0v) is 17.7. The molecule has 13 heteroatoms. The lowest BCUT2D eigenvalue weighted by molar-refractivity contribution is -0.351. The van der Waals surface area contributed by atoms with Crippen molar-refractivity contribution in [2.75, 3.05) is 6.54 Å². The summed E-state index contributed by atoms with van der Waals surface area (Å²) in [6.45, 7) is -0.433. The number of sulfonamides is 1. The van der Waals surface area contributed by atoms with Crippen molar-refractivity contribution in [1.29, 1.82) is 0 Å². The highest BCUT2D eigenvalue weighted by atomic mass is 35.5. The largest absolute Gasteiger partial charge is 0.404 e. The Bertz CT molecular complexity index is 989. The van der Waals surface area contributed by atoms with Gasteiger partial charge in [-0.05, 0) is 30.4 Å². The van der Waals surface area contributed by atoms with Gasteiger partial charge in [0.05, 0.1) is 12.2 Å². The highest BCUT2D eigenvalue weighted by Gasteiger charge is 2.35. The molecule has 1 aromatic heterocycles. The van der Waals surface area contributed by atoms with E-state index >= 15 is 0 Å². The van der Waals surface area contributed by atoms with Crippen LogP contribution in [-0.2, 0) is 14.8 Å². The monoisotopic (exact) mass is 483 g/mol. The lowest BCUT2D eigenvalue weighted by atomic mass is 9.79. The fourth-order valence-electron chi connectivity index (χ4n) is 2.58. The van der Waals surface area contributed by atoms with Gasteiger partial charge in [0.25, 0.3) is 0 Å². The van der Waals surface area contributed by atoms with Gasteiger partial charge in [0.15, 0.2) is 17.0 Å². The van der Waals surface area contributed by atoms with Crippen LogP contribution in [0.5, 0.6) is 0 Å². The third-order valence-electron chi connectivity index (χ3n) is 4.17. The molecule has 2 rings (SSSR count). The Labute approximate surface area is 181 Å². The van der Waals surface area contributed by atoms with E-state index in [1.54, 1.807) is 0 Å². The summed E-state index contributed by atoms with van der Waals surface area (Å²) in [6.07, 6.45) is -3.51. The number of carbonyl (C=O) groups is 1. The molecular weight excluding hydrogens is 467 g/mol. The quantitative estimate of drug-likeness (QED) is 0.266. The Balaban J connectivity index is 2.46. The molecule has 3 unspecified atom stereocenters. The molecule has 0 fully saturated rings. The molecule has 1 amide bonds. The van der Waals surface area contributed by atoms with Gasteiger partial charge in [-0.15, -0.1) is 15.3 Å². The van der Waals surface area contributed by atoms with Crippen LogP contribution in [-0.4, -0.2) is 51.3 Å². The van der Waals surface area contributed by atoms with E-state index < -0.39 is 59.4 Å². The van der Waals surface area contributed by atoms with Crippen molar-refractivity contribution >= 4 is 52.9 Å². The van der Waals surface area contributed by atoms with E-state index in [4.69, 9.17) is 25.2 Å². The summed E-state index contributed by atoms with van der Waals surface area (Å²) in [6, 6.07) is 2.56. The lowest BCUT2D eigenvalue weighted by Crippen LogP contribution is -2.33. The minimum absolute atomic E-state index is 0.170. The minimum Gasteiger partial charge on any atom is -0.369 e. The summed E-state index contributed by atoms with van der Waals surface area (Å²) in [4.78, 5) is 11.7. The number of carbonyl (C=O) groups excluding carboxylic acids is 1. The molecule has 1 aromatic rings. The van der Waals surface area contributed by atoms with Crippen molar-refractivity contribution in [2.24, 2.45) is 11.7 Å². The molecule has 0 aliphatic heterocycles. The van der Waals surface area contributed by atoms with Crippen molar-refractivity contribution in [3.63, 3.8) is 0 Å². The fraction of sp³-hybridized carbons (Fsp3) is 0.412. The number of amides is 1. The highest BCUT2D eigenvalue weighted by Crippen LogP contribution is 2.29. The number of rotatable bonds is 8. The number of hydrogen-bond acceptors (Lipinski definition) is 4. The average molecular weight is 484 g/mol. The summed E-state index contributed by atoms with van der Waals surface area (Å²) >= 11 is 6.52. The second-order valence-corrected chi connectivity index (χ2v) is 10.4. The number of nitrogens with two attached hydrogens (primary N) is 1. The maximum absolute atomic E-state index is 13.9. The van der Waals surface area contributed by atoms with E-state index in [0.29, 0.717) is 3.98 Å². The van der Waals surface area contributed by atoms with Crippen molar-refractivity contribution < 1.29 is 34.8 Å². The Hall–Kier alpha value is -1.66. The molecule has 0 bridgehead atoms. The summed E-state index contributed by atoms with van der Waals surface area (Å²) in [5, 5.41) is 0. The smallest absolute Gasteiger partial charge is 0.369 e. The standard InChI is InChI=1S/C17H16BClF4N2O3S2/c18-12-2-1-10(7-13(12)20)8-25(30(27,28)15-4-3-14(19)29-15)9-11(16(24)26)5-6-17(21,22)23/h1-4,7,9,11-13H,5-6,8H2,(H-,24,26)/p+1. The van der Waals surface area contributed by atoms with Crippen molar-refractivity contribution in [2.45, 2.75) is 35.2 Å².